The van der Waals surface area contributed by atoms with Gasteiger partial charge in [0.25, 0.3) is 0 Å². The van der Waals surface area contributed by atoms with Crippen LogP contribution in [0.25, 0.3) is 21.7 Å². The maximum atomic E-state index is 12.8. The van der Waals surface area contributed by atoms with Gasteiger partial charge in [0.15, 0.2) is 0 Å². The zero-order valence-corrected chi connectivity index (χ0v) is 19.0. The van der Waals surface area contributed by atoms with Crippen molar-refractivity contribution in [1.82, 2.24) is 4.90 Å². The average molecular weight is 445 g/mol. The quantitative estimate of drug-likeness (QED) is 0.432. The Kier molecular flexibility index (Phi) is 5.68. The summed E-state index contributed by atoms with van der Waals surface area (Å²) in [5.74, 6) is 0.294. The number of benzene rings is 3. The number of carbonyl (C=O) groups excluding carboxylic acids is 1. The Morgan fingerprint density at radius 2 is 1.67 bits per heavy atom. The molecule has 0 radical (unpaired) electrons. The predicted octanol–water partition coefficient (Wildman–Crippen LogP) is 5.10. The number of aromatic hydroxyl groups is 1. The topological polar surface area (TPSA) is 66.2 Å². The summed E-state index contributed by atoms with van der Waals surface area (Å²) >= 11 is 0. The van der Waals surface area contributed by atoms with Crippen LogP contribution in [0.1, 0.15) is 28.6 Å². The minimum Gasteiger partial charge on any atom is -0.507 e. The number of rotatable bonds is 5. The zero-order chi connectivity index (χ0) is 22.9. The van der Waals surface area contributed by atoms with E-state index < -0.39 is 5.97 Å². The van der Waals surface area contributed by atoms with E-state index in [0.29, 0.717) is 28.8 Å². The molecule has 2 heterocycles. The molecule has 1 aromatic heterocycles. The molecule has 1 fully saturated rings. The molecule has 0 saturated carbocycles. The molecule has 0 bridgehead atoms. The smallest absolute Gasteiger partial charge is 0.342 e. The standard InChI is InChI=1S/C27H28N2O4/c1-3-32-27(31)23-18(2)33-26-21-12-8-7-11-20(21)25(30)22(24(23)26)17-28-13-15-29(16-14-28)19-9-5-4-6-10-19/h4-12,30H,3,13-17H2,1-2H3. The van der Waals surface area contributed by atoms with E-state index in [2.05, 4.69) is 34.1 Å². The molecule has 1 aliphatic heterocycles. The lowest BCUT2D eigenvalue weighted by Gasteiger charge is -2.36. The Morgan fingerprint density at radius 3 is 2.36 bits per heavy atom. The van der Waals surface area contributed by atoms with Gasteiger partial charge in [0.1, 0.15) is 22.7 Å². The lowest BCUT2D eigenvalue weighted by Crippen LogP contribution is -2.46. The van der Waals surface area contributed by atoms with Gasteiger partial charge < -0.3 is 19.2 Å². The number of ether oxygens (including phenoxy) is 1. The van der Waals surface area contributed by atoms with Crippen LogP contribution in [0.2, 0.25) is 0 Å². The highest BCUT2D eigenvalue weighted by atomic mass is 16.5. The van der Waals surface area contributed by atoms with Crippen LogP contribution in [-0.2, 0) is 11.3 Å². The molecule has 1 N–H and O–H groups in total. The molecule has 1 aliphatic rings. The van der Waals surface area contributed by atoms with Crippen molar-refractivity contribution in [3.8, 4) is 5.75 Å². The fourth-order valence-corrected chi connectivity index (χ4v) is 4.82. The van der Waals surface area contributed by atoms with Crippen molar-refractivity contribution in [2.75, 3.05) is 37.7 Å². The Morgan fingerprint density at radius 1 is 1.00 bits per heavy atom. The normalized spacial score (nSPS) is 14.8. The number of carbonyl (C=O) groups is 1. The molecule has 4 aromatic rings. The summed E-state index contributed by atoms with van der Waals surface area (Å²) < 4.78 is 11.4. The molecule has 33 heavy (non-hydrogen) atoms. The third-order valence-corrected chi connectivity index (χ3v) is 6.45. The lowest BCUT2D eigenvalue weighted by atomic mass is 9.97. The highest BCUT2D eigenvalue weighted by molar-refractivity contribution is 6.16. The first kappa shape index (κ1) is 21.3. The SMILES string of the molecule is CCOC(=O)c1c(C)oc2c1c(CN1CCN(c3ccccc3)CC1)c(O)c1ccccc12. The van der Waals surface area contributed by atoms with Crippen LogP contribution < -0.4 is 4.90 Å². The molecule has 1 saturated heterocycles. The average Bonchev–Trinajstić information content (AvgIpc) is 3.20. The van der Waals surface area contributed by atoms with Crippen LogP contribution in [0.4, 0.5) is 5.69 Å². The van der Waals surface area contributed by atoms with Crippen molar-refractivity contribution in [2.24, 2.45) is 0 Å². The molecule has 0 atom stereocenters. The molecule has 0 aliphatic carbocycles. The minimum absolute atomic E-state index is 0.204. The summed E-state index contributed by atoms with van der Waals surface area (Å²) in [4.78, 5) is 17.5. The molecule has 5 rings (SSSR count). The van der Waals surface area contributed by atoms with Gasteiger partial charge in [-0.25, -0.2) is 4.79 Å². The van der Waals surface area contributed by atoms with Crippen LogP contribution >= 0.6 is 0 Å². The van der Waals surface area contributed by atoms with E-state index in [1.807, 2.05) is 30.3 Å². The molecular formula is C27H28N2O4. The molecule has 0 amide bonds. The predicted molar refractivity (Wildman–Crippen MR) is 130 cm³/mol. The maximum absolute atomic E-state index is 12.8. The van der Waals surface area contributed by atoms with E-state index in [0.717, 1.165) is 42.5 Å². The number of piperazine rings is 1. The van der Waals surface area contributed by atoms with Gasteiger partial charge in [-0.05, 0) is 26.0 Å². The second-order valence-corrected chi connectivity index (χ2v) is 8.43. The van der Waals surface area contributed by atoms with Crippen LogP contribution in [0.3, 0.4) is 0 Å². The highest BCUT2D eigenvalue weighted by Crippen LogP contribution is 2.42. The van der Waals surface area contributed by atoms with Crippen molar-refractivity contribution in [3.05, 3.63) is 71.5 Å². The first-order chi connectivity index (χ1) is 16.1. The Balaban J connectivity index is 1.54. The molecule has 6 heteroatoms. The number of aryl methyl sites for hydroxylation is 1. The van der Waals surface area contributed by atoms with Crippen molar-refractivity contribution in [3.63, 3.8) is 0 Å². The van der Waals surface area contributed by atoms with Gasteiger partial charge in [-0.2, -0.15) is 0 Å². The van der Waals surface area contributed by atoms with Gasteiger partial charge in [-0.3, -0.25) is 4.90 Å². The van der Waals surface area contributed by atoms with Gasteiger partial charge in [0.05, 0.1) is 6.61 Å². The van der Waals surface area contributed by atoms with Crippen molar-refractivity contribution < 1.29 is 19.1 Å². The summed E-state index contributed by atoms with van der Waals surface area (Å²) in [6.45, 7) is 7.88. The first-order valence-corrected chi connectivity index (χ1v) is 11.4. The molecule has 3 aromatic carbocycles. The summed E-state index contributed by atoms with van der Waals surface area (Å²) in [5, 5.41) is 13.5. The number of fused-ring (bicyclic) bond motifs is 3. The number of para-hydroxylation sites is 1. The number of hydrogen-bond donors (Lipinski definition) is 1. The monoisotopic (exact) mass is 444 g/mol. The summed E-state index contributed by atoms with van der Waals surface area (Å²) in [5.41, 5.74) is 2.98. The lowest BCUT2D eigenvalue weighted by molar-refractivity contribution is 0.0526. The second-order valence-electron chi connectivity index (χ2n) is 8.43. The van der Waals surface area contributed by atoms with E-state index in [9.17, 15) is 9.90 Å². The summed E-state index contributed by atoms with van der Waals surface area (Å²) in [6, 6.07) is 18.0. The number of hydrogen-bond acceptors (Lipinski definition) is 6. The molecule has 0 spiro atoms. The van der Waals surface area contributed by atoms with Crippen LogP contribution in [-0.4, -0.2) is 48.8 Å². The Labute approximate surface area is 193 Å². The van der Waals surface area contributed by atoms with Crippen LogP contribution in [0.5, 0.6) is 5.75 Å². The zero-order valence-electron chi connectivity index (χ0n) is 19.0. The summed E-state index contributed by atoms with van der Waals surface area (Å²) in [7, 11) is 0. The van der Waals surface area contributed by atoms with Gasteiger partial charge >= 0.3 is 5.97 Å². The van der Waals surface area contributed by atoms with E-state index in [1.165, 1.54) is 5.69 Å². The minimum atomic E-state index is -0.418. The fourth-order valence-electron chi connectivity index (χ4n) is 4.82. The number of nitrogens with zero attached hydrogens (tertiary/aromatic N) is 2. The molecule has 6 nitrogen and oxygen atoms in total. The van der Waals surface area contributed by atoms with Gasteiger partial charge in [0.2, 0.25) is 0 Å². The maximum Gasteiger partial charge on any atom is 0.342 e. The number of anilines is 1. The van der Waals surface area contributed by atoms with Crippen molar-refractivity contribution in [2.45, 2.75) is 20.4 Å². The number of phenolic OH excluding ortho intramolecular Hbond substituents is 1. The fraction of sp³-hybridized carbons (Fsp3) is 0.296. The number of furan rings is 1. The van der Waals surface area contributed by atoms with Crippen LogP contribution in [0, 0.1) is 6.92 Å². The van der Waals surface area contributed by atoms with Gasteiger partial charge in [-0.15, -0.1) is 0 Å². The Bertz CT molecular complexity index is 1300. The molecule has 0 unspecified atom stereocenters. The number of phenols is 1. The first-order valence-electron chi connectivity index (χ1n) is 11.4. The van der Waals surface area contributed by atoms with Gasteiger partial charge in [-0.1, -0.05) is 42.5 Å². The molecular weight excluding hydrogens is 416 g/mol. The van der Waals surface area contributed by atoms with E-state index >= 15 is 0 Å². The highest BCUT2D eigenvalue weighted by Gasteiger charge is 2.28. The van der Waals surface area contributed by atoms with Gasteiger partial charge in [0, 0.05) is 60.1 Å². The van der Waals surface area contributed by atoms with Crippen molar-refractivity contribution in [1.29, 1.82) is 0 Å². The Hall–Kier alpha value is -3.51. The van der Waals surface area contributed by atoms with Crippen LogP contribution in [0.15, 0.2) is 59.0 Å². The third kappa shape index (κ3) is 3.80. The van der Waals surface area contributed by atoms with Crippen molar-refractivity contribution >= 4 is 33.4 Å². The van der Waals surface area contributed by atoms with E-state index in [-0.39, 0.29) is 12.4 Å². The largest absolute Gasteiger partial charge is 0.507 e. The second kappa shape index (κ2) is 8.79. The van der Waals surface area contributed by atoms with E-state index in [4.69, 9.17) is 9.15 Å². The van der Waals surface area contributed by atoms with E-state index in [1.54, 1.807) is 13.8 Å². The third-order valence-electron chi connectivity index (χ3n) is 6.45. The summed E-state index contributed by atoms with van der Waals surface area (Å²) in [6.07, 6.45) is 0. The molecule has 170 valence electrons. The number of esters is 1.